The van der Waals surface area contributed by atoms with Crippen LogP contribution in [0.4, 0.5) is 17.6 Å². The highest BCUT2D eigenvalue weighted by Crippen LogP contribution is 2.34. The number of nitrogens with zero attached hydrogens (tertiary/aromatic N) is 1. The molecule has 3 aromatic rings. The minimum absolute atomic E-state index is 0.0431. The normalized spacial score (nSPS) is 11.7. The second-order valence-corrected chi connectivity index (χ2v) is 8.02. The van der Waals surface area contributed by atoms with E-state index in [1.165, 1.54) is 11.8 Å². The number of carbonyl (C=O) groups is 1. The molecule has 164 valence electrons. The Hall–Kier alpha value is -2.81. The van der Waals surface area contributed by atoms with E-state index in [-0.39, 0.29) is 17.9 Å². The van der Waals surface area contributed by atoms with E-state index in [0.717, 1.165) is 28.2 Å². The molecule has 0 aliphatic carbocycles. The van der Waals surface area contributed by atoms with Crippen LogP contribution in [0.5, 0.6) is 0 Å². The number of alkyl halides is 3. The van der Waals surface area contributed by atoms with Gasteiger partial charge < -0.3 is 9.52 Å². The Morgan fingerprint density at radius 2 is 1.90 bits per heavy atom. The summed E-state index contributed by atoms with van der Waals surface area (Å²) in [7, 11) is 0. The zero-order chi connectivity index (χ0) is 22.8. The smallest absolute Gasteiger partial charge is 0.419 e. The molecule has 31 heavy (non-hydrogen) atoms. The van der Waals surface area contributed by atoms with Crippen LogP contribution in [0.2, 0.25) is 0 Å². The molecule has 0 saturated carbocycles. The maximum Gasteiger partial charge on any atom is 0.419 e. The number of hydrogen-bond donors (Lipinski definition) is 1. The molecular weight excluding hydrogens is 434 g/mol. The molecule has 0 unspecified atom stereocenters. The molecule has 0 aliphatic heterocycles. The summed E-state index contributed by atoms with van der Waals surface area (Å²) < 4.78 is 57.8. The average Bonchev–Trinajstić information content (AvgIpc) is 3.06. The van der Waals surface area contributed by atoms with Gasteiger partial charge in [-0.2, -0.15) is 13.2 Å². The van der Waals surface area contributed by atoms with Gasteiger partial charge in [-0.05, 0) is 55.7 Å². The molecule has 0 saturated heterocycles. The summed E-state index contributed by atoms with van der Waals surface area (Å²) in [6, 6.07) is 8.30. The number of halogens is 4. The van der Waals surface area contributed by atoms with E-state index < -0.39 is 23.5 Å². The highest BCUT2D eigenvalue weighted by atomic mass is 32.2. The van der Waals surface area contributed by atoms with Gasteiger partial charge in [-0.15, -0.1) is 11.8 Å². The Morgan fingerprint density at radius 1 is 1.16 bits per heavy atom. The van der Waals surface area contributed by atoms with Crippen LogP contribution in [0.1, 0.15) is 34.6 Å². The fraction of sp³-hybridized carbons (Fsp3) is 0.273. The van der Waals surface area contributed by atoms with Gasteiger partial charge in [0.1, 0.15) is 11.6 Å². The van der Waals surface area contributed by atoms with Crippen LogP contribution >= 0.6 is 11.8 Å². The third kappa shape index (κ3) is 5.66. The zero-order valence-electron chi connectivity index (χ0n) is 16.7. The van der Waals surface area contributed by atoms with Crippen molar-refractivity contribution in [3.8, 4) is 11.5 Å². The van der Waals surface area contributed by atoms with Gasteiger partial charge in [-0.1, -0.05) is 12.1 Å². The van der Waals surface area contributed by atoms with Gasteiger partial charge in [0.2, 0.25) is 5.89 Å². The van der Waals surface area contributed by atoms with Crippen LogP contribution in [0.3, 0.4) is 0 Å². The van der Waals surface area contributed by atoms with Gasteiger partial charge in [-0.25, -0.2) is 9.37 Å². The lowest BCUT2D eigenvalue weighted by atomic mass is 10.1. The van der Waals surface area contributed by atoms with E-state index in [0.29, 0.717) is 29.7 Å². The second kappa shape index (κ2) is 9.13. The molecule has 1 heterocycles. The van der Waals surface area contributed by atoms with Crippen molar-refractivity contribution in [2.75, 3.05) is 0 Å². The third-order valence-corrected chi connectivity index (χ3v) is 5.81. The molecule has 0 aliphatic rings. The topological polar surface area (TPSA) is 63.3 Å². The average molecular weight is 453 g/mol. The number of benzene rings is 2. The fourth-order valence-electron chi connectivity index (χ4n) is 2.91. The zero-order valence-corrected chi connectivity index (χ0v) is 17.5. The van der Waals surface area contributed by atoms with Crippen molar-refractivity contribution in [2.24, 2.45) is 0 Å². The van der Waals surface area contributed by atoms with Crippen LogP contribution in [0.15, 0.2) is 45.7 Å². The number of aromatic nitrogens is 1. The summed E-state index contributed by atoms with van der Waals surface area (Å²) in [5.74, 6) is -1.27. The Labute approximate surface area is 180 Å². The van der Waals surface area contributed by atoms with Crippen molar-refractivity contribution in [3.05, 3.63) is 70.4 Å². The molecule has 0 fully saturated rings. The summed E-state index contributed by atoms with van der Waals surface area (Å²) in [4.78, 5) is 16.0. The maximum atomic E-state index is 13.9. The number of aliphatic carboxylic acids is 1. The van der Waals surface area contributed by atoms with Crippen molar-refractivity contribution in [3.63, 3.8) is 0 Å². The molecule has 0 atom stereocenters. The van der Waals surface area contributed by atoms with E-state index in [1.54, 1.807) is 6.92 Å². The van der Waals surface area contributed by atoms with Crippen LogP contribution in [0, 0.1) is 19.7 Å². The first-order valence-corrected chi connectivity index (χ1v) is 10.3. The maximum absolute atomic E-state index is 13.9. The summed E-state index contributed by atoms with van der Waals surface area (Å²) in [5, 5.41) is 8.85. The molecule has 9 heteroatoms. The Morgan fingerprint density at radius 3 is 2.55 bits per heavy atom. The van der Waals surface area contributed by atoms with Gasteiger partial charge in [-0.3, -0.25) is 4.79 Å². The molecule has 3 rings (SSSR count). The van der Waals surface area contributed by atoms with Crippen molar-refractivity contribution >= 4 is 17.7 Å². The molecule has 2 aromatic carbocycles. The number of rotatable bonds is 7. The van der Waals surface area contributed by atoms with Gasteiger partial charge in [0.05, 0.1) is 17.0 Å². The van der Waals surface area contributed by atoms with E-state index in [2.05, 4.69) is 4.98 Å². The van der Waals surface area contributed by atoms with E-state index in [4.69, 9.17) is 9.52 Å². The Bertz CT molecular complexity index is 1110. The first kappa shape index (κ1) is 22.9. The van der Waals surface area contributed by atoms with Gasteiger partial charge in [0.15, 0.2) is 0 Å². The molecule has 0 spiro atoms. The fourth-order valence-corrected chi connectivity index (χ4v) is 4.00. The molecule has 0 radical (unpaired) electrons. The summed E-state index contributed by atoms with van der Waals surface area (Å²) in [6.07, 6.45) is -4.30. The minimum atomic E-state index is -4.77. The lowest BCUT2D eigenvalue weighted by Crippen LogP contribution is -2.07. The standard InChI is InChI=1S/C22H19F4NO3S/c1-12-3-4-14(5-8-20(28)29)9-19(12)31-11-18-13(2)27-21(30-18)15-6-7-16(17(23)10-15)22(24,25)26/h3-4,6-7,9-10H,5,8,11H2,1-2H3,(H,28,29). The highest BCUT2D eigenvalue weighted by Gasteiger charge is 2.34. The van der Waals surface area contributed by atoms with E-state index in [9.17, 15) is 22.4 Å². The molecule has 1 N–H and O–H groups in total. The number of aryl methyl sites for hydroxylation is 3. The largest absolute Gasteiger partial charge is 0.481 e. The number of thioether (sulfide) groups is 1. The van der Waals surface area contributed by atoms with Crippen molar-refractivity contribution < 1.29 is 31.9 Å². The molecule has 4 nitrogen and oxygen atoms in total. The lowest BCUT2D eigenvalue weighted by Gasteiger charge is -2.08. The summed E-state index contributed by atoms with van der Waals surface area (Å²) in [6.45, 7) is 3.65. The van der Waals surface area contributed by atoms with Crippen molar-refractivity contribution in [1.82, 2.24) is 4.98 Å². The van der Waals surface area contributed by atoms with Crippen molar-refractivity contribution in [1.29, 1.82) is 0 Å². The second-order valence-electron chi connectivity index (χ2n) is 7.00. The number of oxazole rings is 1. The first-order chi connectivity index (χ1) is 14.5. The SMILES string of the molecule is Cc1ccc(CCC(=O)O)cc1SCc1oc(-c2ccc(C(F)(F)F)c(F)c2)nc1C. The Kier molecular flexibility index (Phi) is 6.74. The molecular formula is C22H19F4NO3S. The summed E-state index contributed by atoms with van der Waals surface area (Å²) >= 11 is 1.48. The quantitative estimate of drug-likeness (QED) is 0.330. The van der Waals surface area contributed by atoms with E-state index in [1.807, 2.05) is 25.1 Å². The number of carboxylic acid groups (broad SMARTS) is 1. The highest BCUT2D eigenvalue weighted by molar-refractivity contribution is 7.98. The lowest BCUT2D eigenvalue weighted by molar-refractivity contribution is -0.140. The van der Waals surface area contributed by atoms with Crippen LogP contribution in [0.25, 0.3) is 11.5 Å². The summed E-state index contributed by atoms with van der Waals surface area (Å²) in [5.41, 5.74) is 1.27. The van der Waals surface area contributed by atoms with Gasteiger partial charge in [0, 0.05) is 16.9 Å². The predicted octanol–water partition coefficient (Wildman–Crippen LogP) is 6.43. The van der Waals surface area contributed by atoms with Crippen molar-refractivity contribution in [2.45, 2.75) is 43.5 Å². The minimum Gasteiger partial charge on any atom is -0.481 e. The first-order valence-electron chi connectivity index (χ1n) is 9.32. The number of carboxylic acids is 1. The monoisotopic (exact) mass is 453 g/mol. The van der Waals surface area contributed by atoms with E-state index >= 15 is 0 Å². The molecule has 0 amide bonds. The third-order valence-electron chi connectivity index (χ3n) is 4.65. The van der Waals surface area contributed by atoms with Crippen LogP contribution < -0.4 is 0 Å². The Balaban J connectivity index is 1.76. The molecule has 1 aromatic heterocycles. The molecule has 0 bridgehead atoms. The predicted molar refractivity (Wildman–Crippen MR) is 108 cm³/mol. The number of hydrogen-bond acceptors (Lipinski definition) is 4. The van der Waals surface area contributed by atoms with Crippen LogP contribution in [-0.2, 0) is 23.1 Å². The van der Waals surface area contributed by atoms with Gasteiger partial charge in [0.25, 0.3) is 0 Å². The van der Waals surface area contributed by atoms with Crippen LogP contribution in [-0.4, -0.2) is 16.1 Å². The van der Waals surface area contributed by atoms with Gasteiger partial charge >= 0.3 is 12.1 Å².